The van der Waals surface area contributed by atoms with Crippen LogP contribution in [0.1, 0.15) is 25.0 Å². The van der Waals surface area contributed by atoms with Gasteiger partial charge in [0.25, 0.3) is 5.91 Å². The van der Waals surface area contributed by atoms with E-state index in [9.17, 15) is 4.79 Å². The average molecular weight is 288 g/mol. The van der Waals surface area contributed by atoms with Crippen molar-refractivity contribution in [2.45, 2.75) is 25.8 Å². The standard InChI is InChI=1S/C16H20N2O3/c17-10-14-16(12-6-2-3-7-13(12)21-14)20-11-15(19)18-8-4-1-5-9-18/h2-3,6-7H,1,4-5,8-11,17H2. The van der Waals surface area contributed by atoms with Gasteiger partial charge in [0.15, 0.2) is 18.1 Å². The van der Waals surface area contributed by atoms with E-state index in [-0.39, 0.29) is 19.1 Å². The lowest BCUT2D eigenvalue weighted by atomic mass is 10.1. The molecule has 0 atom stereocenters. The van der Waals surface area contributed by atoms with Crippen LogP contribution in [0.5, 0.6) is 5.75 Å². The van der Waals surface area contributed by atoms with Crippen molar-refractivity contribution in [2.24, 2.45) is 5.73 Å². The van der Waals surface area contributed by atoms with Crippen molar-refractivity contribution < 1.29 is 13.9 Å². The van der Waals surface area contributed by atoms with E-state index in [1.165, 1.54) is 6.42 Å². The van der Waals surface area contributed by atoms with Gasteiger partial charge in [-0.15, -0.1) is 0 Å². The Morgan fingerprint density at radius 1 is 1.24 bits per heavy atom. The minimum absolute atomic E-state index is 0.0305. The zero-order valence-electron chi connectivity index (χ0n) is 12.0. The zero-order chi connectivity index (χ0) is 14.7. The number of hydrogen-bond acceptors (Lipinski definition) is 4. The molecule has 2 heterocycles. The van der Waals surface area contributed by atoms with Crippen LogP contribution in [0, 0.1) is 0 Å². The summed E-state index contributed by atoms with van der Waals surface area (Å²) in [6.45, 7) is 1.95. The van der Waals surface area contributed by atoms with Crippen LogP contribution in [0.15, 0.2) is 28.7 Å². The summed E-state index contributed by atoms with van der Waals surface area (Å²) < 4.78 is 11.4. The van der Waals surface area contributed by atoms with Crippen LogP contribution in [0.25, 0.3) is 11.0 Å². The molecule has 5 nitrogen and oxygen atoms in total. The van der Waals surface area contributed by atoms with Crippen LogP contribution in [0.4, 0.5) is 0 Å². The normalized spacial score (nSPS) is 15.4. The number of benzene rings is 1. The molecular formula is C16H20N2O3. The van der Waals surface area contributed by atoms with Gasteiger partial charge in [-0.2, -0.15) is 0 Å². The zero-order valence-corrected chi connectivity index (χ0v) is 12.0. The lowest BCUT2D eigenvalue weighted by Crippen LogP contribution is -2.38. The molecule has 1 aliphatic heterocycles. The van der Waals surface area contributed by atoms with Crippen molar-refractivity contribution >= 4 is 16.9 Å². The SMILES string of the molecule is NCc1oc2ccccc2c1OCC(=O)N1CCCCC1. The molecule has 1 fully saturated rings. The van der Waals surface area contributed by atoms with E-state index < -0.39 is 0 Å². The van der Waals surface area contributed by atoms with Crippen LogP contribution in [0.3, 0.4) is 0 Å². The Hall–Kier alpha value is -2.01. The number of amides is 1. The van der Waals surface area contributed by atoms with Gasteiger partial charge in [0.1, 0.15) is 5.58 Å². The van der Waals surface area contributed by atoms with Crippen molar-refractivity contribution in [1.82, 2.24) is 4.90 Å². The molecule has 1 aromatic heterocycles. The second kappa shape index (κ2) is 6.18. The number of para-hydroxylation sites is 1. The highest BCUT2D eigenvalue weighted by Gasteiger charge is 2.19. The molecule has 1 saturated heterocycles. The topological polar surface area (TPSA) is 68.7 Å². The van der Waals surface area contributed by atoms with Crippen molar-refractivity contribution in [1.29, 1.82) is 0 Å². The number of furan rings is 1. The molecule has 2 aromatic rings. The number of carbonyl (C=O) groups is 1. The second-order valence-corrected chi connectivity index (χ2v) is 5.28. The molecule has 0 bridgehead atoms. The largest absolute Gasteiger partial charge is 0.479 e. The number of rotatable bonds is 4. The van der Waals surface area contributed by atoms with Crippen molar-refractivity contribution in [3.8, 4) is 5.75 Å². The molecule has 0 unspecified atom stereocenters. The highest BCUT2D eigenvalue weighted by molar-refractivity contribution is 5.86. The summed E-state index contributed by atoms with van der Waals surface area (Å²) in [4.78, 5) is 14.0. The molecule has 21 heavy (non-hydrogen) atoms. The van der Waals surface area contributed by atoms with Crippen LogP contribution in [-0.4, -0.2) is 30.5 Å². The average Bonchev–Trinajstić information content (AvgIpc) is 2.91. The van der Waals surface area contributed by atoms with Crippen molar-refractivity contribution in [3.63, 3.8) is 0 Å². The Balaban J connectivity index is 1.73. The highest BCUT2D eigenvalue weighted by Crippen LogP contribution is 2.32. The van der Waals surface area contributed by atoms with E-state index in [1.807, 2.05) is 29.2 Å². The number of hydrogen-bond donors (Lipinski definition) is 1. The first-order chi connectivity index (χ1) is 10.3. The van der Waals surface area contributed by atoms with Crippen molar-refractivity contribution in [3.05, 3.63) is 30.0 Å². The summed E-state index contributed by atoms with van der Waals surface area (Å²) in [6.07, 6.45) is 3.36. The third kappa shape index (κ3) is 2.88. The predicted octanol–water partition coefficient (Wildman–Crippen LogP) is 2.28. The summed E-state index contributed by atoms with van der Waals surface area (Å²) in [5.74, 6) is 1.21. The van der Waals surface area contributed by atoms with Gasteiger partial charge in [-0.3, -0.25) is 4.79 Å². The van der Waals surface area contributed by atoms with Crippen molar-refractivity contribution in [2.75, 3.05) is 19.7 Å². The predicted molar refractivity (Wildman–Crippen MR) is 80.0 cm³/mol. The van der Waals surface area contributed by atoms with E-state index in [0.717, 1.165) is 36.9 Å². The Kier molecular flexibility index (Phi) is 4.10. The minimum Gasteiger partial charge on any atom is -0.479 e. The summed E-state index contributed by atoms with van der Waals surface area (Å²) in [5, 5.41) is 0.865. The van der Waals surface area contributed by atoms with Crippen LogP contribution in [-0.2, 0) is 11.3 Å². The Bertz CT molecular complexity index is 629. The third-order valence-corrected chi connectivity index (χ3v) is 3.85. The molecule has 3 rings (SSSR count). The van der Waals surface area contributed by atoms with E-state index in [2.05, 4.69) is 0 Å². The molecular weight excluding hydrogens is 268 g/mol. The maximum absolute atomic E-state index is 12.2. The molecule has 0 radical (unpaired) electrons. The number of nitrogens with zero attached hydrogens (tertiary/aromatic N) is 1. The lowest BCUT2D eigenvalue weighted by Gasteiger charge is -2.26. The van der Waals surface area contributed by atoms with Gasteiger partial charge in [-0.05, 0) is 31.4 Å². The van der Waals surface area contributed by atoms with Gasteiger partial charge >= 0.3 is 0 Å². The summed E-state index contributed by atoms with van der Waals surface area (Å²) >= 11 is 0. The molecule has 0 aliphatic carbocycles. The van der Waals surface area contributed by atoms with Gasteiger partial charge in [-0.25, -0.2) is 0 Å². The number of likely N-dealkylation sites (tertiary alicyclic amines) is 1. The fourth-order valence-corrected chi connectivity index (χ4v) is 2.73. The number of carbonyl (C=O) groups excluding carboxylic acids is 1. The Labute approximate surface area is 123 Å². The molecule has 0 saturated carbocycles. The van der Waals surface area contributed by atoms with E-state index >= 15 is 0 Å². The Morgan fingerprint density at radius 2 is 2.00 bits per heavy atom. The lowest BCUT2D eigenvalue weighted by molar-refractivity contribution is -0.134. The summed E-state index contributed by atoms with van der Waals surface area (Å²) in [5.41, 5.74) is 6.43. The molecule has 112 valence electrons. The minimum atomic E-state index is 0.0305. The van der Waals surface area contributed by atoms with E-state index in [0.29, 0.717) is 11.5 Å². The number of piperidine rings is 1. The highest BCUT2D eigenvalue weighted by atomic mass is 16.5. The van der Waals surface area contributed by atoms with Crippen LogP contribution in [0.2, 0.25) is 0 Å². The van der Waals surface area contributed by atoms with Gasteiger partial charge in [0.05, 0.1) is 11.9 Å². The molecule has 5 heteroatoms. The number of fused-ring (bicyclic) bond motifs is 1. The van der Waals surface area contributed by atoms with E-state index in [4.69, 9.17) is 14.9 Å². The Morgan fingerprint density at radius 3 is 2.76 bits per heavy atom. The van der Waals surface area contributed by atoms with Crippen LogP contribution < -0.4 is 10.5 Å². The first kappa shape index (κ1) is 13.9. The first-order valence-electron chi connectivity index (χ1n) is 7.40. The molecule has 1 amide bonds. The van der Waals surface area contributed by atoms with Gasteiger partial charge in [0.2, 0.25) is 0 Å². The number of nitrogens with two attached hydrogens (primary N) is 1. The molecule has 1 aromatic carbocycles. The summed E-state index contributed by atoms with van der Waals surface area (Å²) in [6, 6.07) is 7.60. The fourth-order valence-electron chi connectivity index (χ4n) is 2.73. The molecule has 1 aliphatic rings. The maximum Gasteiger partial charge on any atom is 0.260 e. The van der Waals surface area contributed by atoms with Gasteiger partial charge in [0, 0.05) is 13.1 Å². The van der Waals surface area contributed by atoms with E-state index in [1.54, 1.807) is 0 Å². The second-order valence-electron chi connectivity index (χ2n) is 5.28. The third-order valence-electron chi connectivity index (χ3n) is 3.85. The first-order valence-corrected chi connectivity index (χ1v) is 7.40. The summed E-state index contributed by atoms with van der Waals surface area (Å²) in [7, 11) is 0. The smallest absolute Gasteiger partial charge is 0.260 e. The van der Waals surface area contributed by atoms with Gasteiger partial charge < -0.3 is 19.8 Å². The quantitative estimate of drug-likeness (QED) is 0.937. The number of ether oxygens (including phenoxy) is 1. The van der Waals surface area contributed by atoms with Gasteiger partial charge in [-0.1, -0.05) is 12.1 Å². The molecule has 0 spiro atoms. The molecule has 2 N–H and O–H groups in total. The van der Waals surface area contributed by atoms with Crippen LogP contribution >= 0.6 is 0 Å². The fraction of sp³-hybridized carbons (Fsp3) is 0.438. The monoisotopic (exact) mass is 288 g/mol. The maximum atomic E-state index is 12.2.